The lowest BCUT2D eigenvalue weighted by molar-refractivity contribution is -0.135. The van der Waals surface area contributed by atoms with Crippen LogP contribution in [0.15, 0.2) is 0 Å². The van der Waals surface area contributed by atoms with Gasteiger partial charge in [0.25, 0.3) is 0 Å². The second-order valence-electron chi connectivity index (χ2n) is 2.47. The van der Waals surface area contributed by atoms with E-state index in [9.17, 15) is 19.2 Å². The number of carbonyl (C=O) groups is 4. The SMILES string of the molecule is COC(=O)C#CC(=O)OC.COC(=O)C#CC(=O)OC. The summed E-state index contributed by atoms with van der Waals surface area (Å²) in [6, 6.07) is 0. The van der Waals surface area contributed by atoms with Crippen LogP contribution in [0.2, 0.25) is 0 Å². The van der Waals surface area contributed by atoms with Gasteiger partial charge in [-0.3, -0.25) is 0 Å². The fraction of sp³-hybridized carbons (Fsp3) is 0.333. The zero-order valence-electron chi connectivity index (χ0n) is 11.3. The highest BCUT2D eigenvalue weighted by molar-refractivity contribution is 5.98. The van der Waals surface area contributed by atoms with Crippen molar-refractivity contribution in [2.45, 2.75) is 0 Å². The van der Waals surface area contributed by atoms with Crippen LogP contribution >= 0.6 is 0 Å². The van der Waals surface area contributed by atoms with E-state index in [4.69, 9.17) is 0 Å². The van der Waals surface area contributed by atoms with Crippen LogP contribution < -0.4 is 0 Å². The molecule has 0 radical (unpaired) electrons. The third kappa shape index (κ3) is 13.1. The lowest BCUT2D eigenvalue weighted by Crippen LogP contribution is -1.99. The molecule has 108 valence electrons. The third-order valence-electron chi connectivity index (χ3n) is 1.27. The predicted octanol–water partition coefficient (Wildman–Crippen LogP) is -1.33. The van der Waals surface area contributed by atoms with E-state index in [-0.39, 0.29) is 0 Å². The molecule has 0 N–H and O–H groups in total. The summed E-state index contributed by atoms with van der Waals surface area (Å²) in [5.41, 5.74) is 0. The molecule has 20 heavy (non-hydrogen) atoms. The molecular weight excluding hydrogens is 272 g/mol. The van der Waals surface area contributed by atoms with E-state index in [1.165, 1.54) is 28.4 Å². The highest BCUT2D eigenvalue weighted by Gasteiger charge is 1.93. The van der Waals surface area contributed by atoms with Crippen molar-refractivity contribution in [3.05, 3.63) is 0 Å². The number of rotatable bonds is 0. The summed E-state index contributed by atoms with van der Waals surface area (Å²) in [7, 11) is 4.70. The minimum absolute atomic E-state index is 0.759. The number of methoxy groups -OCH3 is 4. The first-order valence-electron chi connectivity index (χ1n) is 4.77. The van der Waals surface area contributed by atoms with Gasteiger partial charge in [0.05, 0.1) is 28.4 Å². The molecule has 0 spiro atoms. The van der Waals surface area contributed by atoms with E-state index >= 15 is 0 Å². The molecule has 8 nitrogen and oxygen atoms in total. The highest BCUT2D eigenvalue weighted by Crippen LogP contribution is 1.71. The predicted molar refractivity (Wildman–Crippen MR) is 63.6 cm³/mol. The van der Waals surface area contributed by atoms with Crippen molar-refractivity contribution in [1.29, 1.82) is 0 Å². The molecule has 0 unspecified atom stereocenters. The van der Waals surface area contributed by atoms with Crippen molar-refractivity contribution >= 4 is 23.9 Å². The maximum Gasteiger partial charge on any atom is 0.384 e. The molecule has 0 saturated carbocycles. The Hall–Kier alpha value is -3.00. The minimum atomic E-state index is -0.759. The molecule has 0 aliphatic heterocycles. The summed E-state index contributed by atoms with van der Waals surface area (Å²) < 4.78 is 16.5. The molecule has 0 amide bonds. The Morgan fingerprint density at radius 3 is 0.750 bits per heavy atom. The Morgan fingerprint density at radius 1 is 0.500 bits per heavy atom. The average molecular weight is 284 g/mol. The van der Waals surface area contributed by atoms with Crippen molar-refractivity contribution in [1.82, 2.24) is 0 Å². The monoisotopic (exact) mass is 284 g/mol. The van der Waals surface area contributed by atoms with Gasteiger partial charge in [0, 0.05) is 23.7 Å². The van der Waals surface area contributed by atoms with Gasteiger partial charge in [-0.15, -0.1) is 0 Å². The fourth-order valence-electron chi connectivity index (χ4n) is 0.408. The standard InChI is InChI=1S/2C6H6O4/c2*1-9-5(7)3-4-6(8)10-2/h2*1-2H3. The van der Waals surface area contributed by atoms with Gasteiger partial charge in [-0.1, -0.05) is 0 Å². The van der Waals surface area contributed by atoms with E-state index < -0.39 is 23.9 Å². The van der Waals surface area contributed by atoms with Crippen molar-refractivity contribution < 1.29 is 38.1 Å². The first kappa shape index (κ1) is 19.3. The van der Waals surface area contributed by atoms with Crippen LogP contribution in [0.4, 0.5) is 0 Å². The summed E-state index contributed by atoms with van der Waals surface area (Å²) in [5.74, 6) is 4.55. The molecule has 0 saturated heterocycles. The van der Waals surface area contributed by atoms with Crippen LogP contribution in [0.5, 0.6) is 0 Å². The van der Waals surface area contributed by atoms with E-state index in [1.54, 1.807) is 0 Å². The smallest absolute Gasteiger partial charge is 0.384 e. The lowest BCUT2D eigenvalue weighted by Gasteiger charge is -1.85. The van der Waals surface area contributed by atoms with E-state index in [1.807, 2.05) is 23.7 Å². The Bertz CT molecular complexity index is 397. The van der Waals surface area contributed by atoms with Crippen molar-refractivity contribution in [2.75, 3.05) is 28.4 Å². The largest absolute Gasteiger partial charge is 0.459 e. The summed E-state index contributed by atoms with van der Waals surface area (Å²) in [5, 5.41) is 0. The van der Waals surface area contributed by atoms with Crippen molar-refractivity contribution in [3.8, 4) is 23.7 Å². The molecule has 0 bridgehead atoms. The molecule has 0 atom stereocenters. The van der Waals surface area contributed by atoms with Crippen molar-refractivity contribution in [2.24, 2.45) is 0 Å². The summed E-state index contributed by atoms with van der Waals surface area (Å²) in [6.45, 7) is 0. The van der Waals surface area contributed by atoms with Gasteiger partial charge in [0.15, 0.2) is 0 Å². The molecule has 0 aromatic rings. The zero-order chi connectivity index (χ0) is 16.0. The Labute approximate surface area is 115 Å². The van der Waals surface area contributed by atoms with E-state index in [2.05, 4.69) is 18.9 Å². The van der Waals surface area contributed by atoms with Gasteiger partial charge in [0.2, 0.25) is 0 Å². The fourth-order valence-corrected chi connectivity index (χ4v) is 0.408. The Kier molecular flexibility index (Phi) is 12.0. The van der Waals surface area contributed by atoms with Gasteiger partial charge >= 0.3 is 23.9 Å². The molecule has 0 aliphatic carbocycles. The summed E-state index contributed by atoms with van der Waals surface area (Å²) in [4.78, 5) is 40.9. The van der Waals surface area contributed by atoms with Crippen LogP contribution in [-0.2, 0) is 38.1 Å². The van der Waals surface area contributed by atoms with Crippen molar-refractivity contribution in [3.63, 3.8) is 0 Å². The topological polar surface area (TPSA) is 105 Å². The van der Waals surface area contributed by atoms with E-state index in [0.717, 1.165) is 0 Å². The van der Waals surface area contributed by atoms with Gasteiger partial charge in [-0.05, 0) is 0 Å². The molecule has 0 heterocycles. The number of hydrogen-bond donors (Lipinski definition) is 0. The number of ether oxygens (including phenoxy) is 4. The molecule has 0 aliphatic rings. The quantitative estimate of drug-likeness (QED) is 0.233. The number of esters is 4. The number of hydrogen-bond acceptors (Lipinski definition) is 8. The minimum Gasteiger partial charge on any atom is -0.459 e. The number of carbonyl (C=O) groups excluding carboxylic acids is 4. The summed E-state index contributed by atoms with van der Waals surface area (Å²) in [6.07, 6.45) is 0. The van der Waals surface area contributed by atoms with Crippen LogP contribution in [0.3, 0.4) is 0 Å². The first-order valence-corrected chi connectivity index (χ1v) is 4.77. The van der Waals surface area contributed by atoms with Crippen LogP contribution in [-0.4, -0.2) is 52.3 Å². The van der Waals surface area contributed by atoms with Crippen LogP contribution in [0, 0.1) is 23.7 Å². The maximum atomic E-state index is 10.2. The normalized spacial score (nSPS) is 7.00. The molecule has 8 heteroatoms. The second kappa shape index (κ2) is 12.5. The van der Waals surface area contributed by atoms with Gasteiger partial charge in [-0.25, -0.2) is 19.2 Å². The second-order valence-corrected chi connectivity index (χ2v) is 2.47. The lowest BCUT2D eigenvalue weighted by atomic mass is 10.6. The van der Waals surface area contributed by atoms with Gasteiger partial charge < -0.3 is 18.9 Å². The maximum absolute atomic E-state index is 10.2. The Morgan fingerprint density at radius 2 is 0.650 bits per heavy atom. The highest BCUT2D eigenvalue weighted by atomic mass is 16.5. The molecule has 0 aromatic heterocycles. The molecule has 0 aromatic carbocycles. The van der Waals surface area contributed by atoms with Crippen LogP contribution in [0.1, 0.15) is 0 Å². The van der Waals surface area contributed by atoms with E-state index in [0.29, 0.717) is 0 Å². The third-order valence-corrected chi connectivity index (χ3v) is 1.27. The molecule has 0 fully saturated rings. The summed E-state index contributed by atoms with van der Waals surface area (Å²) >= 11 is 0. The molecule has 0 rings (SSSR count). The van der Waals surface area contributed by atoms with Gasteiger partial charge in [-0.2, -0.15) is 0 Å². The van der Waals surface area contributed by atoms with Crippen LogP contribution in [0.25, 0.3) is 0 Å². The first-order chi connectivity index (χ1) is 9.40. The molecular formula is C12H12O8. The average Bonchev–Trinajstić information content (AvgIpc) is 2.49. The Balaban J connectivity index is 0. The van der Waals surface area contributed by atoms with Gasteiger partial charge in [0.1, 0.15) is 0 Å². The zero-order valence-corrected chi connectivity index (χ0v) is 11.3.